The van der Waals surface area contributed by atoms with E-state index in [0.717, 1.165) is 22.4 Å². The number of anilines is 1. The lowest BCUT2D eigenvalue weighted by atomic mass is 10.1. The van der Waals surface area contributed by atoms with Gasteiger partial charge in [-0.3, -0.25) is 0 Å². The Hall–Kier alpha value is -2.56. The molecule has 2 aromatic carbocycles. The number of urea groups is 1. The monoisotopic (exact) mass is 316 g/mol. The molecule has 0 heterocycles. The number of benzene rings is 2. The third-order valence-corrected chi connectivity index (χ3v) is 3.40. The maximum Gasteiger partial charge on any atom is 0.319 e. The maximum absolute atomic E-state index is 13.4. The molecule has 2 N–H and O–H groups in total. The molecule has 23 heavy (non-hydrogen) atoms. The molecule has 0 saturated carbocycles. The summed E-state index contributed by atoms with van der Waals surface area (Å²) < 4.78 is 18.6. The topological polar surface area (TPSA) is 50.4 Å². The number of carbonyl (C=O) groups is 1. The predicted octanol–water partition coefficient (Wildman–Crippen LogP) is 3.95. The summed E-state index contributed by atoms with van der Waals surface area (Å²) in [7, 11) is 0. The summed E-state index contributed by atoms with van der Waals surface area (Å²) in [6.45, 7) is 6.40. The number of carbonyl (C=O) groups excluding carboxylic acids is 1. The molecular formula is C18H21FN2O2. The number of rotatable bonds is 5. The molecule has 0 aliphatic heterocycles. The van der Waals surface area contributed by atoms with Crippen LogP contribution in [0.25, 0.3) is 0 Å². The summed E-state index contributed by atoms with van der Waals surface area (Å²) >= 11 is 0. The molecule has 2 aromatic rings. The Balaban J connectivity index is 1.81. The van der Waals surface area contributed by atoms with Crippen LogP contribution in [-0.4, -0.2) is 19.2 Å². The highest BCUT2D eigenvalue weighted by molar-refractivity contribution is 5.91. The van der Waals surface area contributed by atoms with E-state index in [1.54, 1.807) is 18.2 Å². The molecular weight excluding hydrogens is 295 g/mol. The van der Waals surface area contributed by atoms with Crippen molar-refractivity contribution in [2.75, 3.05) is 18.5 Å². The molecule has 0 aliphatic carbocycles. The Labute approximate surface area is 135 Å². The smallest absolute Gasteiger partial charge is 0.319 e. The van der Waals surface area contributed by atoms with E-state index in [1.807, 2.05) is 32.9 Å². The molecule has 0 aromatic heterocycles. The third-order valence-electron chi connectivity index (χ3n) is 3.40. The van der Waals surface area contributed by atoms with Gasteiger partial charge in [0.25, 0.3) is 0 Å². The van der Waals surface area contributed by atoms with Crippen molar-refractivity contribution in [3.05, 3.63) is 58.9 Å². The van der Waals surface area contributed by atoms with Crippen molar-refractivity contribution in [3.63, 3.8) is 0 Å². The van der Waals surface area contributed by atoms with Crippen LogP contribution in [0, 0.1) is 26.6 Å². The highest BCUT2D eigenvalue weighted by Crippen LogP contribution is 2.21. The van der Waals surface area contributed by atoms with Crippen LogP contribution in [0.5, 0.6) is 5.75 Å². The van der Waals surface area contributed by atoms with Crippen LogP contribution >= 0.6 is 0 Å². The first-order valence-corrected chi connectivity index (χ1v) is 7.47. The first kappa shape index (κ1) is 16.8. The van der Waals surface area contributed by atoms with E-state index in [2.05, 4.69) is 10.6 Å². The third kappa shape index (κ3) is 4.71. The Morgan fingerprint density at radius 3 is 2.43 bits per heavy atom. The fourth-order valence-electron chi connectivity index (χ4n) is 2.42. The molecule has 0 unspecified atom stereocenters. The Morgan fingerprint density at radius 2 is 1.78 bits per heavy atom. The molecule has 4 nitrogen and oxygen atoms in total. The zero-order chi connectivity index (χ0) is 16.8. The number of ether oxygens (including phenoxy) is 1. The highest BCUT2D eigenvalue weighted by Gasteiger charge is 2.08. The predicted molar refractivity (Wildman–Crippen MR) is 89.6 cm³/mol. The van der Waals surface area contributed by atoms with Gasteiger partial charge in [0, 0.05) is 5.69 Å². The Bertz CT molecular complexity index is 678. The lowest BCUT2D eigenvalue weighted by Crippen LogP contribution is -2.32. The fraction of sp³-hybridized carbons (Fsp3) is 0.278. The first-order valence-electron chi connectivity index (χ1n) is 7.47. The van der Waals surface area contributed by atoms with Gasteiger partial charge in [0.05, 0.1) is 6.54 Å². The van der Waals surface area contributed by atoms with Crippen LogP contribution in [0.2, 0.25) is 0 Å². The average molecular weight is 316 g/mol. The summed E-state index contributed by atoms with van der Waals surface area (Å²) in [6, 6.07) is 9.90. The minimum absolute atomic E-state index is 0.180. The SMILES string of the molecule is Cc1cc(C)c(NC(=O)NCCOc2ccccc2F)c(C)c1. The van der Waals surface area contributed by atoms with Gasteiger partial charge in [0.15, 0.2) is 11.6 Å². The van der Waals surface area contributed by atoms with E-state index in [0.29, 0.717) is 0 Å². The van der Waals surface area contributed by atoms with E-state index in [4.69, 9.17) is 4.74 Å². The van der Waals surface area contributed by atoms with Gasteiger partial charge < -0.3 is 15.4 Å². The van der Waals surface area contributed by atoms with Gasteiger partial charge in [-0.2, -0.15) is 0 Å². The Morgan fingerprint density at radius 1 is 1.13 bits per heavy atom. The minimum atomic E-state index is -0.414. The van der Waals surface area contributed by atoms with Gasteiger partial charge in [0.2, 0.25) is 0 Å². The molecule has 0 bridgehead atoms. The minimum Gasteiger partial charge on any atom is -0.489 e. The van der Waals surface area contributed by atoms with Gasteiger partial charge in [-0.15, -0.1) is 0 Å². The van der Waals surface area contributed by atoms with E-state index >= 15 is 0 Å². The second kappa shape index (κ2) is 7.63. The van der Waals surface area contributed by atoms with Gasteiger partial charge >= 0.3 is 6.03 Å². The number of para-hydroxylation sites is 1. The van der Waals surface area contributed by atoms with Gasteiger partial charge in [0.1, 0.15) is 6.61 Å². The standard InChI is InChI=1S/C18H21FN2O2/c1-12-10-13(2)17(14(3)11-12)21-18(22)20-8-9-23-16-7-5-4-6-15(16)19/h4-7,10-11H,8-9H2,1-3H3,(H2,20,21,22). The maximum atomic E-state index is 13.4. The van der Waals surface area contributed by atoms with Crippen LogP contribution in [0.15, 0.2) is 36.4 Å². The second-order valence-corrected chi connectivity index (χ2v) is 5.43. The quantitative estimate of drug-likeness (QED) is 0.821. The normalized spacial score (nSPS) is 10.3. The van der Waals surface area contributed by atoms with Crippen molar-refractivity contribution in [2.45, 2.75) is 20.8 Å². The number of hydrogen-bond donors (Lipinski definition) is 2. The van der Waals surface area contributed by atoms with E-state index in [9.17, 15) is 9.18 Å². The van der Waals surface area contributed by atoms with Crippen molar-refractivity contribution >= 4 is 11.7 Å². The van der Waals surface area contributed by atoms with E-state index in [1.165, 1.54) is 6.07 Å². The number of aryl methyl sites for hydroxylation is 3. The molecule has 2 amide bonds. The lowest BCUT2D eigenvalue weighted by molar-refractivity contribution is 0.246. The number of amides is 2. The summed E-state index contributed by atoms with van der Waals surface area (Å²) in [6.07, 6.45) is 0. The fourth-order valence-corrected chi connectivity index (χ4v) is 2.42. The molecule has 0 saturated heterocycles. The number of halogens is 1. The molecule has 5 heteroatoms. The van der Waals surface area contributed by atoms with Crippen LogP contribution < -0.4 is 15.4 Å². The summed E-state index contributed by atoms with van der Waals surface area (Å²) in [5.41, 5.74) is 3.99. The van der Waals surface area contributed by atoms with Crippen LogP contribution in [-0.2, 0) is 0 Å². The summed E-state index contributed by atoms with van der Waals surface area (Å²) in [5.74, 6) is -0.234. The summed E-state index contributed by atoms with van der Waals surface area (Å²) in [5, 5.41) is 5.53. The largest absolute Gasteiger partial charge is 0.489 e. The Kier molecular flexibility index (Phi) is 5.57. The second-order valence-electron chi connectivity index (χ2n) is 5.43. The van der Waals surface area contributed by atoms with Gasteiger partial charge in [-0.05, 0) is 44.0 Å². The molecule has 0 spiro atoms. The average Bonchev–Trinajstić information content (AvgIpc) is 2.49. The zero-order valence-electron chi connectivity index (χ0n) is 13.6. The number of hydrogen-bond acceptors (Lipinski definition) is 2. The van der Waals surface area contributed by atoms with E-state index in [-0.39, 0.29) is 24.9 Å². The zero-order valence-corrected chi connectivity index (χ0v) is 13.6. The highest BCUT2D eigenvalue weighted by atomic mass is 19.1. The molecule has 122 valence electrons. The van der Waals surface area contributed by atoms with E-state index < -0.39 is 5.82 Å². The van der Waals surface area contributed by atoms with Crippen molar-refractivity contribution in [1.82, 2.24) is 5.32 Å². The first-order chi connectivity index (χ1) is 11.0. The van der Waals surface area contributed by atoms with Gasteiger partial charge in [-0.1, -0.05) is 29.8 Å². The lowest BCUT2D eigenvalue weighted by Gasteiger charge is -2.14. The molecule has 0 atom stereocenters. The van der Waals surface area contributed by atoms with Crippen LogP contribution in [0.1, 0.15) is 16.7 Å². The molecule has 0 aliphatic rings. The number of nitrogens with one attached hydrogen (secondary N) is 2. The molecule has 0 fully saturated rings. The molecule has 0 radical (unpaired) electrons. The summed E-state index contributed by atoms with van der Waals surface area (Å²) in [4.78, 5) is 11.9. The van der Waals surface area contributed by atoms with Gasteiger partial charge in [-0.25, -0.2) is 9.18 Å². The van der Waals surface area contributed by atoms with Crippen LogP contribution in [0.3, 0.4) is 0 Å². The van der Waals surface area contributed by atoms with Crippen molar-refractivity contribution in [3.8, 4) is 5.75 Å². The van der Waals surface area contributed by atoms with Crippen molar-refractivity contribution in [1.29, 1.82) is 0 Å². The van der Waals surface area contributed by atoms with Crippen LogP contribution in [0.4, 0.5) is 14.9 Å². The molecule has 2 rings (SSSR count). The van der Waals surface area contributed by atoms with Crippen molar-refractivity contribution < 1.29 is 13.9 Å². The van der Waals surface area contributed by atoms with Crippen molar-refractivity contribution in [2.24, 2.45) is 0 Å².